The first-order valence-corrected chi connectivity index (χ1v) is 9.93. The molecule has 1 fully saturated rings. The molecule has 1 aromatic rings. The van der Waals surface area contributed by atoms with E-state index >= 15 is 0 Å². The van der Waals surface area contributed by atoms with Crippen molar-refractivity contribution in [2.45, 2.75) is 37.9 Å². The van der Waals surface area contributed by atoms with Crippen LogP contribution in [0.15, 0.2) is 23.2 Å². The van der Waals surface area contributed by atoms with Crippen LogP contribution in [0.5, 0.6) is 0 Å². The number of rotatable bonds is 6. The Balaban J connectivity index is 1.73. The van der Waals surface area contributed by atoms with E-state index in [1.54, 1.807) is 7.05 Å². The number of aliphatic imine (C=N–C) groups is 1. The smallest absolute Gasteiger partial charge is 0.226 e. The van der Waals surface area contributed by atoms with E-state index in [0.29, 0.717) is 18.0 Å². The van der Waals surface area contributed by atoms with Gasteiger partial charge >= 0.3 is 0 Å². The summed E-state index contributed by atoms with van der Waals surface area (Å²) >= 11 is 8.08. The Labute approximate surface area is 159 Å². The van der Waals surface area contributed by atoms with Crippen LogP contribution in [0.2, 0.25) is 5.02 Å². The van der Waals surface area contributed by atoms with Crippen molar-refractivity contribution in [1.82, 2.24) is 10.6 Å². The molecule has 3 N–H and O–H groups in total. The predicted molar refractivity (Wildman–Crippen MR) is 109 cm³/mol. The van der Waals surface area contributed by atoms with Crippen molar-refractivity contribution in [2.75, 3.05) is 31.2 Å². The molecule has 25 heavy (non-hydrogen) atoms. The second-order valence-corrected chi connectivity index (χ2v) is 8.55. The largest absolute Gasteiger partial charge is 0.356 e. The van der Waals surface area contributed by atoms with Crippen LogP contribution in [-0.4, -0.2) is 42.5 Å². The molecule has 1 heterocycles. The molecule has 0 aliphatic carbocycles. The summed E-state index contributed by atoms with van der Waals surface area (Å²) in [6.07, 6.45) is 2.86. The first-order valence-electron chi connectivity index (χ1n) is 8.57. The van der Waals surface area contributed by atoms with Gasteiger partial charge in [-0.1, -0.05) is 17.7 Å². The number of hydrogen-bond donors (Lipinski definition) is 3. The van der Waals surface area contributed by atoms with Crippen molar-refractivity contribution in [3.63, 3.8) is 0 Å². The molecule has 0 aromatic heterocycles. The standard InChI is InChI=1S/C18H27ClN4OS/c1-13-14(19)6-4-7-15(13)23-16(24)8-10-21-17(20-3)22-12-18(2)9-5-11-25-18/h4,6-7H,5,8-12H2,1-3H3,(H,23,24)(H2,20,21,22). The van der Waals surface area contributed by atoms with Gasteiger partial charge < -0.3 is 16.0 Å². The van der Waals surface area contributed by atoms with E-state index in [9.17, 15) is 4.79 Å². The quantitative estimate of drug-likeness (QED) is 0.521. The Morgan fingerprint density at radius 1 is 1.40 bits per heavy atom. The first-order chi connectivity index (χ1) is 11.9. The maximum Gasteiger partial charge on any atom is 0.226 e. The number of halogens is 1. The summed E-state index contributed by atoms with van der Waals surface area (Å²) in [5.74, 6) is 1.92. The molecule has 1 aliphatic heterocycles. The van der Waals surface area contributed by atoms with E-state index in [-0.39, 0.29) is 10.7 Å². The van der Waals surface area contributed by atoms with Crippen LogP contribution in [0.4, 0.5) is 5.69 Å². The van der Waals surface area contributed by atoms with Crippen molar-refractivity contribution in [1.29, 1.82) is 0 Å². The fourth-order valence-electron chi connectivity index (χ4n) is 2.72. The number of benzene rings is 1. The van der Waals surface area contributed by atoms with Crippen LogP contribution in [-0.2, 0) is 4.79 Å². The van der Waals surface area contributed by atoms with E-state index in [0.717, 1.165) is 23.8 Å². The second kappa shape index (κ2) is 9.34. The first kappa shape index (κ1) is 19.9. The Hall–Kier alpha value is -1.40. The second-order valence-electron chi connectivity index (χ2n) is 6.47. The normalized spacial score (nSPS) is 20.4. The Morgan fingerprint density at radius 3 is 2.88 bits per heavy atom. The third kappa shape index (κ3) is 6.12. The Kier molecular flexibility index (Phi) is 7.44. The number of amides is 1. The zero-order valence-corrected chi connectivity index (χ0v) is 16.7. The highest BCUT2D eigenvalue weighted by Crippen LogP contribution is 2.36. The van der Waals surface area contributed by atoms with Gasteiger partial charge in [0.05, 0.1) is 0 Å². The topological polar surface area (TPSA) is 65.5 Å². The van der Waals surface area contributed by atoms with Gasteiger partial charge in [-0.3, -0.25) is 9.79 Å². The molecule has 5 nitrogen and oxygen atoms in total. The van der Waals surface area contributed by atoms with Crippen LogP contribution in [0.3, 0.4) is 0 Å². The van der Waals surface area contributed by atoms with Crippen molar-refractivity contribution < 1.29 is 4.79 Å². The summed E-state index contributed by atoms with van der Waals surface area (Å²) in [5.41, 5.74) is 1.64. The SMILES string of the molecule is CN=C(NCCC(=O)Nc1cccc(Cl)c1C)NCC1(C)CCCS1. The number of hydrogen-bond acceptors (Lipinski definition) is 3. The van der Waals surface area contributed by atoms with Gasteiger partial charge in [-0.05, 0) is 50.1 Å². The Bertz CT molecular complexity index is 630. The van der Waals surface area contributed by atoms with Gasteiger partial charge in [0, 0.05) is 42.0 Å². The van der Waals surface area contributed by atoms with Crippen molar-refractivity contribution in [3.8, 4) is 0 Å². The predicted octanol–water partition coefficient (Wildman–Crippen LogP) is 3.43. The lowest BCUT2D eigenvalue weighted by atomic mass is 10.1. The molecule has 138 valence electrons. The third-order valence-electron chi connectivity index (χ3n) is 4.34. The molecule has 0 radical (unpaired) electrons. The molecular formula is C18H27ClN4OS. The number of nitrogens with zero attached hydrogens (tertiary/aromatic N) is 1. The van der Waals surface area contributed by atoms with E-state index < -0.39 is 0 Å². The lowest BCUT2D eigenvalue weighted by Gasteiger charge is -2.24. The molecule has 0 bridgehead atoms. The summed E-state index contributed by atoms with van der Waals surface area (Å²) in [7, 11) is 1.74. The number of guanidine groups is 1. The Morgan fingerprint density at radius 2 is 2.20 bits per heavy atom. The molecule has 1 amide bonds. The summed E-state index contributed by atoms with van der Waals surface area (Å²) in [5, 5.41) is 10.1. The van der Waals surface area contributed by atoms with Crippen molar-refractivity contribution in [2.24, 2.45) is 4.99 Å². The number of thioether (sulfide) groups is 1. The highest BCUT2D eigenvalue weighted by molar-refractivity contribution is 8.00. The van der Waals surface area contributed by atoms with Crippen LogP contribution in [0, 0.1) is 6.92 Å². The molecule has 0 spiro atoms. The van der Waals surface area contributed by atoms with E-state index in [4.69, 9.17) is 11.6 Å². The summed E-state index contributed by atoms with van der Waals surface area (Å²) in [6, 6.07) is 5.50. The summed E-state index contributed by atoms with van der Waals surface area (Å²) in [6.45, 7) is 5.58. The number of carbonyl (C=O) groups is 1. The van der Waals surface area contributed by atoms with Crippen LogP contribution in [0.1, 0.15) is 31.7 Å². The zero-order chi connectivity index (χ0) is 18.3. The molecule has 1 unspecified atom stereocenters. The van der Waals surface area contributed by atoms with Gasteiger partial charge in [0.25, 0.3) is 0 Å². The fraction of sp³-hybridized carbons (Fsp3) is 0.556. The molecule has 1 aliphatic rings. The van der Waals surface area contributed by atoms with Gasteiger partial charge in [0.1, 0.15) is 0 Å². The third-order valence-corrected chi connectivity index (χ3v) is 6.29. The molecule has 1 saturated heterocycles. The highest BCUT2D eigenvalue weighted by Gasteiger charge is 2.29. The summed E-state index contributed by atoms with van der Waals surface area (Å²) in [4.78, 5) is 16.3. The van der Waals surface area contributed by atoms with Crippen molar-refractivity contribution in [3.05, 3.63) is 28.8 Å². The zero-order valence-electron chi connectivity index (χ0n) is 15.1. The molecule has 0 saturated carbocycles. The minimum absolute atomic E-state index is 0.0494. The van der Waals surface area contributed by atoms with E-state index in [1.165, 1.54) is 18.6 Å². The van der Waals surface area contributed by atoms with E-state index in [2.05, 4.69) is 27.9 Å². The number of anilines is 1. The fourth-order valence-corrected chi connectivity index (χ4v) is 4.14. The van der Waals surface area contributed by atoms with Gasteiger partial charge in [0.2, 0.25) is 5.91 Å². The maximum atomic E-state index is 12.1. The lowest BCUT2D eigenvalue weighted by molar-refractivity contribution is -0.116. The molecule has 7 heteroatoms. The van der Waals surface area contributed by atoms with Crippen molar-refractivity contribution >= 4 is 40.9 Å². The van der Waals surface area contributed by atoms with Gasteiger partial charge in [0.15, 0.2) is 5.96 Å². The van der Waals surface area contributed by atoms with Gasteiger partial charge in [-0.15, -0.1) is 0 Å². The maximum absolute atomic E-state index is 12.1. The van der Waals surface area contributed by atoms with Crippen LogP contribution in [0.25, 0.3) is 0 Å². The number of nitrogens with one attached hydrogen (secondary N) is 3. The minimum Gasteiger partial charge on any atom is -0.356 e. The van der Waals surface area contributed by atoms with Gasteiger partial charge in [-0.25, -0.2) is 0 Å². The van der Waals surface area contributed by atoms with Crippen LogP contribution < -0.4 is 16.0 Å². The monoisotopic (exact) mass is 382 g/mol. The van der Waals surface area contributed by atoms with E-state index in [1.807, 2.05) is 36.9 Å². The number of carbonyl (C=O) groups excluding carboxylic acids is 1. The highest BCUT2D eigenvalue weighted by atomic mass is 35.5. The van der Waals surface area contributed by atoms with Crippen LogP contribution >= 0.6 is 23.4 Å². The average Bonchev–Trinajstić information content (AvgIpc) is 3.02. The molecule has 1 atom stereocenters. The van der Waals surface area contributed by atoms with Gasteiger partial charge in [-0.2, -0.15) is 11.8 Å². The molecular weight excluding hydrogens is 356 g/mol. The average molecular weight is 383 g/mol. The summed E-state index contributed by atoms with van der Waals surface area (Å²) < 4.78 is 0.277. The minimum atomic E-state index is -0.0494. The molecule has 1 aromatic carbocycles. The molecule has 2 rings (SSSR count). The lowest BCUT2D eigenvalue weighted by Crippen LogP contribution is -2.44.